The van der Waals surface area contributed by atoms with E-state index in [0.717, 1.165) is 23.1 Å². The SMILES string of the molecule is NC(=S)N(c1ccc(S(N)(=O)=O)cc1F)c1cccc2c1C(=O)OC21c2ccc(O)cc2Oc2cc(O)ccc21. The lowest BCUT2D eigenvalue weighted by molar-refractivity contribution is 0.0224. The molecule has 4 aromatic carbocycles. The van der Waals surface area contributed by atoms with E-state index in [-0.39, 0.29) is 45.0 Å². The van der Waals surface area contributed by atoms with Crippen molar-refractivity contribution >= 4 is 44.7 Å². The number of benzene rings is 4. The zero-order valence-corrected chi connectivity index (χ0v) is 21.8. The Morgan fingerprint density at radius 1 is 0.900 bits per heavy atom. The summed E-state index contributed by atoms with van der Waals surface area (Å²) in [6, 6.07) is 16.3. The number of thiocarbonyl (C=S) groups is 1. The van der Waals surface area contributed by atoms with Crippen LogP contribution in [0.1, 0.15) is 27.0 Å². The number of hydrogen-bond donors (Lipinski definition) is 4. The van der Waals surface area contributed by atoms with E-state index in [9.17, 15) is 23.4 Å². The minimum absolute atomic E-state index is 0.00479. The first kappa shape index (κ1) is 25.6. The van der Waals surface area contributed by atoms with Crippen LogP contribution in [0.4, 0.5) is 15.8 Å². The number of fused-ring (bicyclic) bond motifs is 6. The molecule has 0 aliphatic carbocycles. The summed E-state index contributed by atoms with van der Waals surface area (Å²) in [7, 11) is -4.20. The minimum Gasteiger partial charge on any atom is -0.508 e. The Morgan fingerprint density at radius 2 is 1.52 bits per heavy atom. The number of anilines is 2. The third-order valence-electron chi connectivity index (χ3n) is 6.73. The summed E-state index contributed by atoms with van der Waals surface area (Å²) in [6.45, 7) is 0. The van der Waals surface area contributed by atoms with E-state index in [2.05, 4.69) is 0 Å². The van der Waals surface area contributed by atoms with Crippen LogP contribution in [-0.2, 0) is 20.4 Å². The fraction of sp³-hybridized carbons (Fsp3) is 0.0370. The van der Waals surface area contributed by atoms with Crippen LogP contribution in [0.2, 0.25) is 0 Å². The van der Waals surface area contributed by atoms with Gasteiger partial charge < -0.3 is 25.4 Å². The van der Waals surface area contributed by atoms with Crippen LogP contribution in [0.15, 0.2) is 77.7 Å². The molecule has 2 heterocycles. The highest BCUT2D eigenvalue weighted by Crippen LogP contribution is 2.58. The van der Waals surface area contributed by atoms with Crippen molar-refractivity contribution in [3.63, 3.8) is 0 Å². The molecular weight excluding hydrogens is 561 g/mol. The molecule has 0 unspecified atom stereocenters. The molecule has 0 radical (unpaired) electrons. The third-order valence-corrected chi connectivity index (χ3v) is 7.82. The number of hydrogen-bond acceptors (Lipinski definition) is 8. The lowest BCUT2D eigenvalue weighted by Gasteiger charge is -2.36. The van der Waals surface area contributed by atoms with Crippen molar-refractivity contribution in [2.24, 2.45) is 10.9 Å². The summed E-state index contributed by atoms with van der Waals surface area (Å²) in [6.07, 6.45) is 0. The van der Waals surface area contributed by atoms with Crippen molar-refractivity contribution in [2.45, 2.75) is 10.5 Å². The highest BCUT2D eigenvalue weighted by Gasteiger charge is 2.54. The number of rotatable bonds is 3. The van der Waals surface area contributed by atoms with E-state index in [1.54, 1.807) is 24.3 Å². The van der Waals surface area contributed by atoms with Crippen molar-refractivity contribution in [3.05, 3.63) is 101 Å². The average molecular weight is 580 g/mol. The summed E-state index contributed by atoms with van der Waals surface area (Å²) in [5.74, 6) is -1.65. The number of esters is 1. The van der Waals surface area contributed by atoms with E-state index in [0.29, 0.717) is 16.7 Å². The van der Waals surface area contributed by atoms with E-state index in [1.807, 2.05) is 0 Å². The monoisotopic (exact) mass is 579 g/mol. The maximum absolute atomic E-state index is 15.3. The van der Waals surface area contributed by atoms with Crippen molar-refractivity contribution < 1.29 is 37.3 Å². The molecule has 6 rings (SSSR count). The maximum Gasteiger partial charge on any atom is 0.342 e. The fourth-order valence-electron chi connectivity index (χ4n) is 5.13. The topological polar surface area (TPSA) is 165 Å². The van der Waals surface area contributed by atoms with Gasteiger partial charge in [0.15, 0.2) is 10.7 Å². The number of halogens is 1. The molecule has 2 aliphatic heterocycles. The smallest absolute Gasteiger partial charge is 0.342 e. The predicted molar refractivity (Wildman–Crippen MR) is 145 cm³/mol. The summed E-state index contributed by atoms with van der Waals surface area (Å²) in [5, 5.41) is 25.0. The van der Waals surface area contributed by atoms with Gasteiger partial charge in [0, 0.05) is 28.8 Å². The molecule has 202 valence electrons. The average Bonchev–Trinajstić information content (AvgIpc) is 3.17. The molecule has 1 spiro atoms. The van der Waals surface area contributed by atoms with Crippen LogP contribution < -0.4 is 20.5 Å². The van der Waals surface area contributed by atoms with E-state index < -0.39 is 32.3 Å². The molecule has 0 aromatic heterocycles. The number of phenolic OH excluding ortho intramolecular Hbond substituents is 2. The summed E-state index contributed by atoms with van der Waals surface area (Å²) in [4.78, 5) is 14.3. The van der Waals surface area contributed by atoms with Crippen LogP contribution in [-0.4, -0.2) is 29.7 Å². The Hall–Kier alpha value is -4.72. The van der Waals surface area contributed by atoms with Gasteiger partial charge in [-0.15, -0.1) is 0 Å². The number of sulfonamides is 1. The van der Waals surface area contributed by atoms with Gasteiger partial charge in [0.2, 0.25) is 10.0 Å². The zero-order valence-electron chi connectivity index (χ0n) is 20.2. The zero-order chi connectivity index (χ0) is 28.6. The lowest BCUT2D eigenvalue weighted by Crippen LogP contribution is -2.33. The van der Waals surface area contributed by atoms with Gasteiger partial charge >= 0.3 is 5.97 Å². The third kappa shape index (κ3) is 3.66. The van der Waals surface area contributed by atoms with Gasteiger partial charge in [-0.1, -0.05) is 12.1 Å². The number of ether oxygens (including phenoxy) is 2. The first-order valence-electron chi connectivity index (χ1n) is 11.6. The molecule has 40 heavy (non-hydrogen) atoms. The van der Waals surface area contributed by atoms with Crippen molar-refractivity contribution in [3.8, 4) is 23.0 Å². The summed E-state index contributed by atoms with van der Waals surface area (Å²) >= 11 is 5.23. The van der Waals surface area contributed by atoms with Crippen LogP contribution in [0.3, 0.4) is 0 Å². The van der Waals surface area contributed by atoms with Gasteiger partial charge in [-0.3, -0.25) is 4.90 Å². The first-order chi connectivity index (χ1) is 18.9. The van der Waals surface area contributed by atoms with E-state index in [4.69, 9.17) is 32.6 Å². The molecule has 2 aliphatic rings. The highest BCUT2D eigenvalue weighted by molar-refractivity contribution is 7.89. The van der Waals surface area contributed by atoms with Gasteiger partial charge in [-0.25, -0.2) is 22.7 Å². The van der Waals surface area contributed by atoms with Gasteiger partial charge in [0.05, 0.1) is 21.8 Å². The number of phenols is 2. The van der Waals surface area contributed by atoms with Crippen molar-refractivity contribution in [1.82, 2.24) is 0 Å². The second-order valence-electron chi connectivity index (χ2n) is 9.07. The maximum atomic E-state index is 15.3. The van der Waals surface area contributed by atoms with Gasteiger partial charge in [0.1, 0.15) is 28.8 Å². The van der Waals surface area contributed by atoms with Crippen LogP contribution in [0.25, 0.3) is 0 Å². The van der Waals surface area contributed by atoms with Gasteiger partial charge in [-0.2, -0.15) is 0 Å². The second kappa shape index (κ2) is 8.64. The lowest BCUT2D eigenvalue weighted by atomic mass is 9.77. The normalized spacial score (nSPS) is 14.5. The standard InChI is InChI=1S/C27H18FN3O7S2/c28-19-12-15(40(30,35)36)6-9-20(19)31(26(29)39)21-3-1-2-18-24(21)25(34)38-27(18)16-7-4-13(32)10-22(16)37-23-11-14(33)5-8-17(23)27/h1-12,32-33H,(H2,29,39)(H2,30,35,36). The molecule has 4 aromatic rings. The van der Waals surface area contributed by atoms with Crippen LogP contribution in [0.5, 0.6) is 23.0 Å². The highest BCUT2D eigenvalue weighted by atomic mass is 32.2. The number of carbonyl (C=O) groups is 1. The molecule has 0 bridgehead atoms. The Kier molecular flexibility index (Phi) is 5.52. The van der Waals surface area contributed by atoms with Crippen LogP contribution >= 0.6 is 12.2 Å². The molecule has 0 saturated heterocycles. The second-order valence-corrected chi connectivity index (χ2v) is 11.0. The molecular formula is C27H18FN3O7S2. The number of primary sulfonamides is 1. The number of nitrogens with two attached hydrogens (primary N) is 2. The quantitative estimate of drug-likeness (QED) is 0.207. The molecule has 6 N–H and O–H groups in total. The molecule has 0 amide bonds. The van der Waals surface area contributed by atoms with Crippen molar-refractivity contribution in [1.29, 1.82) is 0 Å². The molecule has 0 atom stereocenters. The fourth-order valence-corrected chi connectivity index (χ4v) is 5.85. The van der Waals surface area contributed by atoms with E-state index in [1.165, 1.54) is 30.3 Å². The first-order valence-corrected chi connectivity index (χ1v) is 13.5. The Bertz CT molecular complexity index is 1840. The van der Waals surface area contributed by atoms with E-state index >= 15 is 4.39 Å². The molecule has 0 saturated carbocycles. The number of nitrogens with zero attached hydrogens (tertiary/aromatic N) is 1. The summed E-state index contributed by atoms with van der Waals surface area (Å²) in [5.41, 5.74) is 5.38. The summed E-state index contributed by atoms with van der Waals surface area (Å²) < 4.78 is 50.8. The number of carbonyl (C=O) groups excluding carboxylic acids is 1. The van der Waals surface area contributed by atoms with Crippen LogP contribution in [0, 0.1) is 5.82 Å². The molecule has 13 heteroatoms. The minimum atomic E-state index is -4.20. The largest absolute Gasteiger partial charge is 0.508 e. The Labute approximate surface area is 231 Å². The Morgan fingerprint density at radius 3 is 2.08 bits per heavy atom. The van der Waals surface area contributed by atoms with Gasteiger partial charge in [-0.05, 0) is 60.7 Å². The van der Waals surface area contributed by atoms with Crippen molar-refractivity contribution in [2.75, 3.05) is 4.90 Å². The van der Waals surface area contributed by atoms with Gasteiger partial charge in [0.25, 0.3) is 0 Å². The molecule has 0 fully saturated rings. The molecule has 10 nitrogen and oxygen atoms in total. The predicted octanol–water partition coefficient (Wildman–Crippen LogP) is 3.83. The number of aromatic hydroxyl groups is 2. The Balaban J connectivity index is 1.62.